The Balaban J connectivity index is 2.29. The van der Waals surface area contributed by atoms with Crippen molar-refractivity contribution in [3.05, 3.63) is 24.2 Å². The molecule has 0 saturated carbocycles. The van der Waals surface area contributed by atoms with Crippen molar-refractivity contribution in [3.8, 4) is 0 Å². The first-order valence-electron chi connectivity index (χ1n) is 6.00. The molecule has 106 valence electrons. The summed E-state index contributed by atoms with van der Waals surface area (Å²) in [5.74, 6) is -0.178. The summed E-state index contributed by atoms with van der Waals surface area (Å²) in [6, 6.07) is 3.46. The maximum Gasteiger partial charge on any atom is 0.357 e. The number of furan rings is 1. The Bertz CT molecular complexity index is 467. The Labute approximate surface area is 116 Å². The van der Waals surface area contributed by atoms with Gasteiger partial charge in [0.2, 0.25) is 0 Å². The van der Waals surface area contributed by atoms with E-state index in [4.69, 9.17) is 30.4 Å². The van der Waals surface area contributed by atoms with Crippen molar-refractivity contribution in [2.24, 2.45) is 0 Å². The van der Waals surface area contributed by atoms with E-state index in [1.165, 1.54) is 6.26 Å². The first-order chi connectivity index (χ1) is 9.10. The lowest BCUT2D eigenvalue weighted by Gasteiger charge is -2.24. The molecule has 0 aliphatic carbocycles. The van der Waals surface area contributed by atoms with Gasteiger partial charge >= 0.3 is 7.60 Å². The number of ether oxygens (including phenoxy) is 1. The van der Waals surface area contributed by atoms with Crippen molar-refractivity contribution < 1.29 is 22.8 Å². The van der Waals surface area contributed by atoms with E-state index < -0.39 is 19.5 Å². The molecule has 2 atom stereocenters. The molecule has 1 aromatic rings. The van der Waals surface area contributed by atoms with E-state index in [0.29, 0.717) is 5.76 Å². The van der Waals surface area contributed by atoms with Gasteiger partial charge < -0.3 is 23.5 Å². The molecule has 1 N–H and O–H groups in total. The molecule has 0 spiro atoms. The molecule has 6 nitrogen and oxygen atoms in total. The molecule has 0 amide bonds. The Morgan fingerprint density at radius 2 is 2.11 bits per heavy atom. The van der Waals surface area contributed by atoms with Crippen LogP contribution < -0.4 is 5.32 Å². The molecule has 1 aromatic heterocycles. The highest BCUT2D eigenvalue weighted by molar-refractivity contribution is 7.80. The zero-order valence-corrected chi connectivity index (χ0v) is 12.4. The zero-order valence-electron chi connectivity index (χ0n) is 10.7. The predicted octanol–water partition coefficient (Wildman–Crippen LogP) is 2.82. The summed E-state index contributed by atoms with van der Waals surface area (Å²) in [7, 11) is -3.39. The molecule has 1 saturated heterocycles. The van der Waals surface area contributed by atoms with Gasteiger partial charge in [-0.05, 0) is 38.2 Å². The van der Waals surface area contributed by atoms with E-state index in [1.807, 2.05) is 0 Å². The van der Waals surface area contributed by atoms with Crippen LogP contribution in [0.2, 0.25) is 0 Å². The lowest BCUT2D eigenvalue weighted by Crippen LogP contribution is -2.29. The zero-order chi connectivity index (χ0) is 13.9. The van der Waals surface area contributed by atoms with E-state index in [-0.39, 0.29) is 18.4 Å². The van der Waals surface area contributed by atoms with Crippen LogP contribution in [0.1, 0.15) is 25.7 Å². The second-order valence-corrected chi connectivity index (χ2v) is 6.33. The molecule has 0 unspecified atom stereocenters. The molecular formula is C11H16NO5PS. The summed E-state index contributed by atoms with van der Waals surface area (Å²) < 4.78 is 34.2. The molecule has 2 heterocycles. The smallest absolute Gasteiger partial charge is 0.357 e. The van der Waals surface area contributed by atoms with Crippen LogP contribution in [0, 0.1) is 0 Å². The molecule has 1 fully saturated rings. The van der Waals surface area contributed by atoms with Gasteiger partial charge in [0.25, 0.3) is 5.17 Å². The average molecular weight is 305 g/mol. The van der Waals surface area contributed by atoms with Crippen LogP contribution in [0.25, 0.3) is 0 Å². The first kappa shape index (κ1) is 14.5. The van der Waals surface area contributed by atoms with Gasteiger partial charge in [0, 0.05) is 0 Å². The summed E-state index contributed by atoms with van der Waals surface area (Å²) >= 11 is 4.98. The standard InChI is InChI=1S/C11H16NO5PS/c1-3-15-18(13,16-4-2)10-9(17-11(19)12-10)8-6-5-7-14-8/h5-7,9-10H,3-4H2,1-2H3,(H,12,19)/t9-,10-/m0/s1. The number of hydrogen-bond acceptors (Lipinski definition) is 6. The van der Waals surface area contributed by atoms with E-state index in [0.717, 1.165) is 0 Å². The van der Waals surface area contributed by atoms with Crippen LogP contribution in [0.4, 0.5) is 0 Å². The van der Waals surface area contributed by atoms with Gasteiger partial charge in [-0.15, -0.1) is 0 Å². The van der Waals surface area contributed by atoms with E-state index in [2.05, 4.69) is 5.32 Å². The fourth-order valence-electron chi connectivity index (χ4n) is 1.88. The summed E-state index contributed by atoms with van der Waals surface area (Å²) in [6.07, 6.45) is 0.898. The van der Waals surface area contributed by atoms with Crippen molar-refractivity contribution in [1.29, 1.82) is 0 Å². The highest BCUT2D eigenvalue weighted by Crippen LogP contribution is 2.57. The monoisotopic (exact) mass is 305 g/mol. The fraction of sp³-hybridized carbons (Fsp3) is 0.545. The third-order valence-corrected chi connectivity index (χ3v) is 5.10. The molecule has 1 aliphatic heterocycles. The van der Waals surface area contributed by atoms with Crippen molar-refractivity contribution in [3.63, 3.8) is 0 Å². The van der Waals surface area contributed by atoms with Crippen molar-refractivity contribution in [1.82, 2.24) is 5.32 Å². The topological polar surface area (TPSA) is 69.9 Å². The summed E-state index contributed by atoms with van der Waals surface area (Å²) in [6.45, 7) is 4.05. The van der Waals surface area contributed by atoms with Crippen molar-refractivity contribution in [2.75, 3.05) is 13.2 Å². The quantitative estimate of drug-likeness (QED) is 0.640. The number of thiocarbonyl (C=S) groups is 1. The number of hydrogen-bond donors (Lipinski definition) is 1. The lowest BCUT2D eigenvalue weighted by atomic mass is 10.3. The van der Waals surface area contributed by atoms with Crippen LogP contribution in [0.3, 0.4) is 0 Å². The Kier molecular flexibility index (Phi) is 4.62. The molecule has 8 heteroatoms. The summed E-state index contributed by atoms with van der Waals surface area (Å²) in [5, 5.41) is 3.00. The van der Waals surface area contributed by atoms with Crippen LogP contribution >= 0.6 is 19.8 Å². The van der Waals surface area contributed by atoms with Crippen LogP contribution in [0.15, 0.2) is 22.8 Å². The second kappa shape index (κ2) is 6.05. The van der Waals surface area contributed by atoms with Gasteiger partial charge in [0.1, 0.15) is 5.76 Å². The number of rotatable bonds is 6. The molecule has 0 radical (unpaired) electrons. The maximum atomic E-state index is 12.8. The second-order valence-electron chi connectivity index (χ2n) is 3.81. The Morgan fingerprint density at radius 1 is 1.42 bits per heavy atom. The van der Waals surface area contributed by atoms with Gasteiger partial charge in [-0.2, -0.15) is 0 Å². The number of nitrogens with one attached hydrogen (secondary N) is 1. The average Bonchev–Trinajstić information content (AvgIpc) is 2.98. The van der Waals surface area contributed by atoms with Gasteiger partial charge in [-0.3, -0.25) is 4.57 Å². The maximum absolute atomic E-state index is 12.8. The SMILES string of the molecule is CCOP(=O)(OCC)[C@@H]1NC(=S)O[C@H]1c1ccco1. The Morgan fingerprint density at radius 3 is 2.63 bits per heavy atom. The minimum absolute atomic E-state index is 0.158. The van der Waals surface area contributed by atoms with Gasteiger partial charge in [0.05, 0.1) is 19.5 Å². The summed E-state index contributed by atoms with van der Waals surface area (Å²) in [4.78, 5) is 0. The normalized spacial score (nSPS) is 23.2. The van der Waals surface area contributed by atoms with Gasteiger partial charge in [0.15, 0.2) is 11.9 Å². The van der Waals surface area contributed by atoms with E-state index >= 15 is 0 Å². The summed E-state index contributed by atoms with van der Waals surface area (Å²) in [5.41, 5.74) is 0. The lowest BCUT2D eigenvalue weighted by molar-refractivity contribution is 0.161. The third-order valence-electron chi connectivity index (χ3n) is 2.57. The first-order valence-corrected chi connectivity index (χ1v) is 8.02. The van der Waals surface area contributed by atoms with Gasteiger partial charge in [-0.1, -0.05) is 0 Å². The van der Waals surface area contributed by atoms with E-state index in [9.17, 15) is 4.57 Å². The molecule has 2 rings (SSSR count). The van der Waals surface area contributed by atoms with Crippen molar-refractivity contribution >= 4 is 25.0 Å². The van der Waals surface area contributed by atoms with Crippen LogP contribution in [-0.2, 0) is 18.3 Å². The van der Waals surface area contributed by atoms with E-state index in [1.54, 1.807) is 26.0 Å². The molecular weight excluding hydrogens is 289 g/mol. The molecule has 19 heavy (non-hydrogen) atoms. The Hall–Kier alpha value is -0.880. The predicted molar refractivity (Wildman–Crippen MR) is 72.9 cm³/mol. The van der Waals surface area contributed by atoms with Gasteiger partial charge in [-0.25, -0.2) is 0 Å². The molecule has 0 bridgehead atoms. The third kappa shape index (κ3) is 3.00. The molecule has 0 aromatic carbocycles. The highest BCUT2D eigenvalue weighted by Gasteiger charge is 2.49. The van der Waals surface area contributed by atoms with Crippen LogP contribution in [0.5, 0.6) is 0 Å². The minimum Gasteiger partial charge on any atom is -0.465 e. The fourth-order valence-corrected chi connectivity index (χ4v) is 4.13. The largest absolute Gasteiger partial charge is 0.465 e. The molecule has 1 aliphatic rings. The van der Waals surface area contributed by atoms with Crippen molar-refractivity contribution in [2.45, 2.75) is 25.7 Å². The highest BCUT2D eigenvalue weighted by atomic mass is 32.1. The minimum atomic E-state index is -3.39. The van der Waals surface area contributed by atoms with Crippen LogP contribution in [-0.4, -0.2) is 24.2 Å².